The molecule has 4 aliphatic carbocycles. The Bertz CT molecular complexity index is 716. The number of hydrogen-bond donors (Lipinski definition) is 1. The van der Waals surface area contributed by atoms with Gasteiger partial charge in [-0.3, -0.25) is 5.32 Å². The van der Waals surface area contributed by atoms with Gasteiger partial charge < -0.3 is 9.47 Å². The van der Waals surface area contributed by atoms with E-state index in [1.807, 2.05) is 0 Å². The summed E-state index contributed by atoms with van der Waals surface area (Å²) in [6.45, 7) is 14.5. The molecule has 1 spiro atoms. The largest absolute Gasteiger partial charge is 0.378 e. The molecule has 2 aliphatic heterocycles. The van der Waals surface area contributed by atoms with Crippen LogP contribution in [0.15, 0.2) is 0 Å². The average Bonchev–Trinajstić information content (AvgIpc) is 3.21. The van der Waals surface area contributed by atoms with Crippen LogP contribution in [0.4, 0.5) is 0 Å². The lowest BCUT2D eigenvalue weighted by Gasteiger charge is -2.61. The molecular formula is C29H49NO2. The van der Waals surface area contributed by atoms with E-state index >= 15 is 0 Å². The normalized spacial score (nSPS) is 59.3. The minimum absolute atomic E-state index is 0.0199. The number of rotatable bonds is 2. The Kier molecular flexibility index (Phi) is 5.37. The summed E-state index contributed by atoms with van der Waals surface area (Å²) in [7, 11) is 0. The minimum atomic E-state index is -0.0199. The molecule has 5 unspecified atom stereocenters. The Morgan fingerprint density at radius 3 is 2.47 bits per heavy atom. The van der Waals surface area contributed by atoms with Gasteiger partial charge in [0.2, 0.25) is 0 Å². The summed E-state index contributed by atoms with van der Waals surface area (Å²) < 4.78 is 13.2. The molecule has 0 bridgehead atoms. The van der Waals surface area contributed by atoms with E-state index < -0.39 is 0 Å². The van der Waals surface area contributed by atoms with Crippen molar-refractivity contribution in [2.75, 3.05) is 13.2 Å². The summed E-state index contributed by atoms with van der Waals surface area (Å²) in [5.41, 5.74) is 1.03. The lowest BCUT2D eigenvalue weighted by molar-refractivity contribution is -0.145. The van der Waals surface area contributed by atoms with Gasteiger partial charge in [-0.1, -0.05) is 27.7 Å². The Balaban J connectivity index is 1.22. The van der Waals surface area contributed by atoms with Crippen LogP contribution in [0.25, 0.3) is 0 Å². The Hall–Kier alpha value is -0.120. The van der Waals surface area contributed by atoms with Crippen molar-refractivity contribution < 1.29 is 9.47 Å². The highest BCUT2D eigenvalue weighted by Gasteiger charge is 2.68. The maximum atomic E-state index is 7.06. The Morgan fingerprint density at radius 1 is 0.906 bits per heavy atom. The zero-order chi connectivity index (χ0) is 22.3. The molecule has 12 atom stereocenters. The van der Waals surface area contributed by atoms with Crippen LogP contribution in [-0.4, -0.2) is 31.1 Å². The number of fused-ring (bicyclic) bond motifs is 7. The molecule has 2 heterocycles. The van der Waals surface area contributed by atoms with Gasteiger partial charge in [-0.05, 0) is 117 Å². The smallest absolute Gasteiger partial charge is 0.122 e. The third-order valence-corrected chi connectivity index (χ3v) is 12.5. The maximum Gasteiger partial charge on any atom is 0.122 e. The molecule has 0 amide bonds. The highest BCUT2D eigenvalue weighted by molar-refractivity contribution is 5.16. The van der Waals surface area contributed by atoms with E-state index in [9.17, 15) is 0 Å². The standard InChI is InChI=1S/C29H49NO2/c1-6-31-21-10-12-27(4)20(15-21)7-8-22-23(27)11-13-28(5)24(22)16-25-26(28)19(3)29(32-25)14-9-18(2)17-30-29/h18-26,30H,6-17H2,1-5H3/t18-,19-,20?,21-,22+,23?,24?,25?,26?,27-,28-,29-/m0/s1. The van der Waals surface area contributed by atoms with Crippen LogP contribution in [0.1, 0.15) is 98.8 Å². The summed E-state index contributed by atoms with van der Waals surface area (Å²) in [6, 6.07) is 0. The van der Waals surface area contributed by atoms with Crippen molar-refractivity contribution in [3.05, 3.63) is 0 Å². The molecule has 0 radical (unpaired) electrons. The molecule has 3 heteroatoms. The van der Waals surface area contributed by atoms with Crippen LogP contribution in [0.2, 0.25) is 0 Å². The second-order valence-corrected chi connectivity index (χ2v) is 13.7. The van der Waals surface area contributed by atoms with Crippen molar-refractivity contribution >= 4 is 0 Å². The van der Waals surface area contributed by atoms with Gasteiger partial charge in [0, 0.05) is 19.1 Å². The highest BCUT2D eigenvalue weighted by Crippen LogP contribution is 2.71. The monoisotopic (exact) mass is 443 g/mol. The van der Waals surface area contributed by atoms with Crippen LogP contribution in [0.5, 0.6) is 0 Å². The van der Waals surface area contributed by atoms with E-state index in [2.05, 4.69) is 39.9 Å². The minimum Gasteiger partial charge on any atom is -0.378 e. The molecule has 32 heavy (non-hydrogen) atoms. The molecule has 182 valence electrons. The summed E-state index contributed by atoms with van der Waals surface area (Å²) in [4.78, 5) is 0. The van der Waals surface area contributed by atoms with E-state index in [4.69, 9.17) is 9.47 Å². The SMILES string of the molecule is CCO[C@H]1CC[C@@]2(C)C(CC[C@@H]3C2CC[C@@]2(C)C3CC3O[C@@]4(CC[C@H](C)CN4)[C@@H](C)C32)C1. The van der Waals surface area contributed by atoms with Gasteiger partial charge in [0.1, 0.15) is 5.72 Å². The van der Waals surface area contributed by atoms with Crippen molar-refractivity contribution in [1.29, 1.82) is 0 Å². The predicted octanol–water partition coefficient (Wildman–Crippen LogP) is 6.41. The van der Waals surface area contributed by atoms with Crippen molar-refractivity contribution in [2.45, 2.75) is 117 Å². The Labute approximate surface area is 197 Å². The molecule has 6 fully saturated rings. The van der Waals surface area contributed by atoms with Crippen LogP contribution in [0, 0.1) is 52.3 Å². The number of hydrogen-bond acceptors (Lipinski definition) is 3. The second-order valence-electron chi connectivity index (χ2n) is 13.7. The molecule has 4 saturated carbocycles. The molecular weight excluding hydrogens is 394 g/mol. The highest BCUT2D eigenvalue weighted by atomic mass is 16.5. The lowest BCUT2D eigenvalue weighted by atomic mass is 9.44. The summed E-state index contributed by atoms with van der Waals surface area (Å²) >= 11 is 0. The zero-order valence-electron chi connectivity index (χ0n) is 21.5. The Morgan fingerprint density at radius 2 is 1.72 bits per heavy atom. The van der Waals surface area contributed by atoms with E-state index in [1.165, 1.54) is 64.2 Å². The topological polar surface area (TPSA) is 30.5 Å². The van der Waals surface area contributed by atoms with Gasteiger partial charge >= 0.3 is 0 Å². The second kappa shape index (κ2) is 7.69. The number of piperidine rings is 1. The van der Waals surface area contributed by atoms with Crippen molar-refractivity contribution in [3.8, 4) is 0 Å². The van der Waals surface area contributed by atoms with E-state index in [0.29, 0.717) is 29.0 Å². The average molecular weight is 444 g/mol. The summed E-state index contributed by atoms with van der Waals surface area (Å²) in [5.74, 6) is 5.87. The molecule has 0 aromatic rings. The van der Waals surface area contributed by atoms with Crippen molar-refractivity contribution in [2.24, 2.45) is 52.3 Å². The van der Waals surface area contributed by atoms with Crippen molar-refractivity contribution in [1.82, 2.24) is 5.32 Å². The van der Waals surface area contributed by atoms with Gasteiger partial charge in [-0.25, -0.2) is 0 Å². The lowest BCUT2D eigenvalue weighted by Crippen LogP contribution is -2.57. The first kappa shape index (κ1) is 22.4. The van der Waals surface area contributed by atoms with Crippen LogP contribution >= 0.6 is 0 Å². The fourth-order valence-electron chi connectivity index (χ4n) is 10.8. The molecule has 0 aromatic heterocycles. The molecule has 6 aliphatic rings. The van der Waals surface area contributed by atoms with Crippen LogP contribution in [0.3, 0.4) is 0 Å². The van der Waals surface area contributed by atoms with E-state index in [1.54, 1.807) is 0 Å². The number of nitrogens with one attached hydrogen (secondary N) is 1. The van der Waals surface area contributed by atoms with Gasteiger partial charge in [-0.2, -0.15) is 0 Å². The van der Waals surface area contributed by atoms with Crippen molar-refractivity contribution in [3.63, 3.8) is 0 Å². The third-order valence-electron chi connectivity index (χ3n) is 12.5. The summed E-state index contributed by atoms with van der Waals surface area (Å²) in [6.07, 6.45) is 14.8. The fraction of sp³-hybridized carbons (Fsp3) is 1.00. The maximum absolute atomic E-state index is 7.06. The van der Waals surface area contributed by atoms with Gasteiger partial charge in [0.05, 0.1) is 12.2 Å². The third kappa shape index (κ3) is 3.02. The fourth-order valence-corrected chi connectivity index (χ4v) is 10.8. The zero-order valence-corrected chi connectivity index (χ0v) is 21.5. The van der Waals surface area contributed by atoms with E-state index in [0.717, 1.165) is 48.7 Å². The van der Waals surface area contributed by atoms with Gasteiger partial charge in [-0.15, -0.1) is 0 Å². The quantitative estimate of drug-likeness (QED) is 0.535. The molecule has 2 saturated heterocycles. The molecule has 0 aromatic carbocycles. The van der Waals surface area contributed by atoms with Gasteiger partial charge in [0.15, 0.2) is 0 Å². The first-order valence-electron chi connectivity index (χ1n) is 14.3. The predicted molar refractivity (Wildman–Crippen MR) is 129 cm³/mol. The van der Waals surface area contributed by atoms with Crippen LogP contribution in [-0.2, 0) is 9.47 Å². The van der Waals surface area contributed by atoms with Crippen LogP contribution < -0.4 is 5.32 Å². The van der Waals surface area contributed by atoms with E-state index in [-0.39, 0.29) is 5.72 Å². The molecule has 1 N–H and O–H groups in total. The number of ether oxygens (including phenoxy) is 2. The molecule has 3 nitrogen and oxygen atoms in total. The summed E-state index contributed by atoms with van der Waals surface area (Å²) in [5, 5.41) is 3.92. The molecule has 6 rings (SSSR count). The first-order chi connectivity index (χ1) is 15.3. The van der Waals surface area contributed by atoms with Gasteiger partial charge in [0.25, 0.3) is 0 Å². The first-order valence-corrected chi connectivity index (χ1v) is 14.3.